The third-order valence-electron chi connectivity index (χ3n) is 13.4. The van der Waals surface area contributed by atoms with Crippen molar-refractivity contribution in [3.05, 3.63) is 92.1 Å². The fourth-order valence-electron chi connectivity index (χ4n) is 9.67. The monoisotopic (exact) mass is 1310 g/mol. The van der Waals surface area contributed by atoms with Gasteiger partial charge in [0.25, 0.3) is 0 Å². The third-order valence-corrected chi connectivity index (χ3v) is 14.1. The minimum atomic E-state index is -1.94. The van der Waals surface area contributed by atoms with E-state index in [4.69, 9.17) is 52.1 Å². The molecule has 0 spiro atoms. The first kappa shape index (κ1) is 62.8. The standard InChI is InChI=1S/C53H60Br3N3O21/c1-51(2)79-45-36(78-50(69)46(45)80-51)25-75-42(65)21-33-30(15-18-39(62)72-5)47(66)59-52(33,23-35-31(19-40(63)73-6)29(14-17-38(61)71-4)43(58-35)49(68)77-26-53(54,55)56)22-34-28(13-16-37(60)70-3)32(20-41(64)74-7)44(57-34)48(67)76-24-27-11-9-8-10-12-27/h8-12,36,45-46,57-58H,13-26H2,1-7H3,(H,59,66)/t36-,45-,46-,52?/m1/s1. The number of carbonyl (C=O) groups excluding carboxylic acids is 10. The van der Waals surface area contributed by atoms with E-state index in [2.05, 4.69) is 63.1 Å². The maximum absolute atomic E-state index is 14.9. The second kappa shape index (κ2) is 27.4. The van der Waals surface area contributed by atoms with Gasteiger partial charge in [0.1, 0.15) is 37.3 Å². The van der Waals surface area contributed by atoms with Crippen LogP contribution >= 0.6 is 47.8 Å². The first-order valence-corrected chi connectivity index (χ1v) is 27.2. The molecule has 5 heterocycles. The molecule has 1 amide bonds. The van der Waals surface area contributed by atoms with Crippen LogP contribution in [0.1, 0.15) is 106 Å². The minimum absolute atomic E-state index is 0.00276. The summed E-state index contributed by atoms with van der Waals surface area (Å²) in [6.07, 6.45) is -7.61. The largest absolute Gasteiger partial charge is 0.469 e. The van der Waals surface area contributed by atoms with Gasteiger partial charge in [0.05, 0.1) is 60.4 Å². The highest BCUT2D eigenvalue weighted by Gasteiger charge is 2.56. The van der Waals surface area contributed by atoms with Gasteiger partial charge >= 0.3 is 53.7 Å². The van der Waals surface area contributed by atoms with Crippen molar-refractivity contribution in [1.29, 1.82) is 0 Å². The number of cyclic esters (lactones) is 1. The van der Waals surface area contributed by atoms with E-state index in [1.807, 2.05) is 0 Å². The summed E-state index contributed by atoms with van der Waals surface area (Å²) in [5.74, 6) is -9.26. The summed E-state index contributed by atoms with van der Waals surface area (Å²) < 4.78 is 58.3. The van der Waals surface area contributed by atoms with E-state index >= 15 is 0 Å². The number of alkyl halides is 3. The molecule has 2 aromatic heterocycles. The van der Waals surface area contributed by atoms with Gasteiger partial charge in [-0.25, -0.2) is 14.4 Å². The number of hydrogen-bond donors (Lipinski definition) is 3. The predicted octanol–water partition coefficient (Wildman–Crippen LogP) is 4.62. The van der Waals surface area contributed by atoms with Crippen molar-refractivity contribution >= 4 is 107 Å². The number of esters is 9. The first-order chi connectivity index (χ1) is 37.8. The molecule has 2 saturated heterocycles. The van der Waals surface area contributed by atoms with Crippen molar-refractivity contribution < 1.29 is 100 Å². The van der Waals surface area contributed by atoms with Crippen LogP contribution in [0.25, 0.3) is 0 Å². The molecule has 0 bridgehead atoms. The molecule has 0 aliphatic carbocycles. The first-order valence-electron chi connectivity index (χ1n) is 24.9. The van der Waals surface area contributed by atoms with Crippen LogP contribution in [-0.2, 0) is 136 Å². The van der Waals surface area contributed by atoms with E-state index in [1.165, 1.54) is 14.2 Å². The zero-order chi connectivity index (χ0) is 58.7. The molecule has 434 valence electrons. The molecule has 1 aromatic carbocycles. The quantitative estimate of drug-likeness (QED) is 0.0561. The lowest BCUT2D eigenvalue weighted by atomic mass is 9.77. The van der Waals surface area contributed by atoms with Crippen LogP contribution in [0.2, 0.25) is 0 Å². The van der Waals surface area contributed by atoms with Crippen molar-refractivity contribution in [3.63, 3.8) is 0 Å². The van der Waals surface area contributed by atoms with Gasteiger partial charge in [-0.3, -0.25) is 33.6 Å². The third kappa shape index (κ3) is 15.9. The van der Waals surface area contributed by atoms with Crippen LogP contribution in [0.5, 0.6) is 0 Å². The molecule has 0 saturated carbocycles. The zero-order valence-electron chi connectivity index (χ0n) is 44.7. The van der Waals surface area contributed by atoms with Crippen molar-refractivity contribution in [2.45, 2.75) is 123 Å². The average Bonchev–Trinajstić information content (AvgIpc) is 4.40. The number of methoxy groups -OCH3 is 5. The van der Waals surface area contributed by atoms with E-state index in [0.29, 0.717) is 5.56 Å². The number of rotatable bonds is 26. The summed E-state index contributed by atoms with van der Waals surface area (Å²) in [5.41, 5.74) is -1.20. The Morgan fingerprint density at radius 1 is 0.613 bits per heavy atom. The van der Waals surface area contributed by atoms with Crippen LogP contribution in [0, 0.1) is 0 Å². The fourth-order valence-corrected chi connectivity index (χ4v) is 10.0. The van der Waals surface area contributed by atoms with Crippen molar-refractivity contribution in [3.8, 4) is 0 Å². The number of carbonyl (C=O) groups is 10. The lowest BCUT2D eigenvalue weighted by molar-refractivity contribution is -0.191. The molecule has 1 unspecified atom stereocenters. The minimum Gasteiger partial charge on any atom is -0.469 e. The molecule has 6 rings (SSSR count). The molecule has 3 aliphatic heterocycles. The van der Waals surface area contributed by atoms with Gasteiger partial charge in [-0.1, -0.05) is 78.1 Å². The Morgan fingerprint density at radius 3 is 1.71 bits per heavy atom. The van der Waals surface area contributed by atoms with Crippen LogP contribution in [0.3, 0.4) is 0 Å². The van der Waals surface area contributed by atoms with Crippen molar-refractivity contribution in [2.24, 2.45) is 0 Å². The summed E-state index contributed by atoms with van der Waals surface area (Å²) in [4.78, 5) is 142. The number of fused-ring (bicyclic) bond motifs is 1. The number of hydrogen-bond acceptors (Lipinski definition) is 21. The van der Waals surface area contributed by atoms with Crippen LogP contribution in [0.4, 0.5) is 0 Å². The van der Waals surface area contributed by atoms with E-state index in [1.54, 1.807) is 44.2 Å². The number of amides is 1. The maximum Gasteiger partial charge on any atom is 0.355 e. The SMILES string of the molecule is COC(=O)CCC1=C(CC(=O)OC[C@H]2OC(=O)[C@@H]3OC(C)(C)O[C@H]23)C(Cc2[nH]c(C(=O)OCC(Br)(Br)Br)c(CCC(=O)OC)c2CC(=O)OC)(Cc2[nH]c(C(=O)OCc3ccccc3)c(CC(=O)OC)c2CCC(=O)OC)NC1=O. The van der Waals surface area contributed by atoms with Crippen LogP contribution in [0.15, 0.2) is 41.5 Å². The van der Waals surface area contributed by atoms with Gasteiger partial charge < -0.3 is 67.4 Å². The normalized spacial score (nSPS) is 19.1. The molecule has 3 aliphatic rings. The van der Waals surface area contributed by atoms with Gasteiger partial charge in [0, 0.05) is 49.1 Å². The highest BCUT2D eigenvalue weighted by atomic mass is 80.0. The second-order valence-electron chi connectivity index (χ2n) is 19.1. The topological polar surface area (TPSA) is 316 Å². The number of aromatic nitrogens is 2. The Balaban J connectivity index is 1.60. The summed E-state index contributed by atoms with van der Waals surface area (Å²) in [5, 5.41) is 3.03. The molecule has 2 fully saturated rings. The number of nitrogens with one attached hydrogen (secondary N) is 3. The lowest BCUT2D eigenvalue weighted by Gasteiger charge is -2.33. The molecular formula is C53H60Br3N3O21. The molecule has 80 heavy (non-hydrogen) atoms. The zero-order valence-corrected chi connectivity index (χ0v) is 49.5. The smallest absolute Gasteiger partial charge is 0.355 e. The number of benzene rings is 1. The van der Waals surface area contributed by atoms with Gasteiger partial charge in [-0.05, 0) is 66.5 Å². The Bertz CT molecular complexity index is 2910. The van der Waals surface area contributed by atoms with Crippen LogP contribution < -0.4 is 5.32 Å². The van der Waals surface area contributed by atoms with Crippen molar-refractivity contribution in [1.82, 2.24) is 15.3 Å². The van der Waals surface area contributed by atoms with Gasteiger partial charge in [-0.15, -0.1) is 0 Å². The predicted molar refractivity (Wildman–Crippen MR) is 285 cm³/mol. The van der Waals surface area contributed by atoms with Gasteiger partial charge in [-0.2, -0.15) is 0 Å². The number of ether oxygens (including phenoxy) is 11. The van der Waals surface area contributed by atoms with Gasteiger partial charge in [0.2, 0.25) is 5.91 Å². The summed E-state index contributed by atoms with van der Waals surface area (Å²) in [7, 11) is 5.75. The van der Waals surface area contributed by atoms with Crippen LogP contribution in [-0.4, -0.2) is 150 Å². The molecular weight excluding hydrogens is 1250 g/mol. The van der Waals surface area contributed by atoms with E-state index in [0.717, 1.165) is 21.3 Å². The summed E-state index contributed by atoms with van der Waals surface area (Å²) in [6, 6.07) is 8.71. The Morgan fingerprint density at radius 2 is 1.14 bits per heavy atom. The summed E-state index contributed by atoms with van der Waals surface area (Å²) >= 11 is 9.91. The number of halogens is 3. The fraction of sp³-hybridized carbons (Fsp3) is 0.509. The van der Waals surface area contributed by atoms with E-state index in [9.17, 15) is 47.9 Å². The lowest BCUT2D eigenvalue weighted by Crippen LogP contribution is -2.49. The van der Waals surface area contributed by atoms with E-state index < -0.39 is 130 Å². The second-order valence-corrected chi connectivity index (χ2v) is 26.3. The Labute approximate surface area is 484 Å². The van der Waals surface area contributed by atoms with E-state index in [-0.39, 0.29) is 108 Å². The molecule has 3 aromatic rings. The molecule has 3 N–H and O–H groups in total. The van der Waals surface area contributed by atoms with Gasteiger partial charge in [0.15, 0.2) is 20.1 Å². The van der Waals surface area contributed by atoms with Crippen molar-refractivity contribution in [2.75, 3.05) is 48.8 Å². The molecule has 4 atom stereocenters. The highest BCUT2D eigenvalue weighted by Crippen LogP contribution is 2.42. The highest BCUT2D eigenvalue weighted by molar-refractivity contribution is 9.39. The number of H-pyrrole nitrogens is 2. The number of aromatic amines is 2. The summed E-state index contributed by atoms with van der Waals surface area (Å²) in [6.45, 7) is 2.15. The molecule has 0 radical (unpaired) electrons. The molecule has 24 nitrogen and oxygen atoms in total. The Kier molecular flexibility index (Phi) is 21.5. The maximum atomic E-state index is 14.9. The Hall–Kier alpha value is -6.42. The average molecular weight is 1310 g/mol. The molecule has 27 heteroatoms.